The van der Waals surface area contributed by atoms with Crippen molar-refractivity contribution in [2.75, 3.05) is 33.2 Å². The third-order valence-electron chi connectivity index (χ3n) is 7.71. The first kappa shape index (κ1) is 26.3. The highest BCUT2D eigenvalue weighted by molar-refractivity contribution is 6.31. The number of piperidine rings is 1. The molecule has 1 aromatic heterocycles. The maximum absolute atomic E-state index is 14.1. The van der Waals surface area contributed by atoms with Gasteiger partial charge in [-0.2, -0.15) is 0 Å². The van der Waals surface area contributed by atoms with Gasteiger partial charge in [0, 0.05) is 57.3 Å². The summed E-state index contributed by atoms with van der Waals surface area (Å²) in [5, 5.41) is 11.4. The van der Waals surface area contributed by atoms with Crippen LogP contribution in [0.25, 0.3) is 0 Å². The van der Waals surface area contributed by atoms with Crippen LogP contribution in [0.2, 0.25) is 5.02 Å². The molecule has 3 aliphatic rings. The standard InChI is InChI=1S/C26H34ClN7O4/c1-28-26(37)34-12-4-3-6-20(34)25(36)33-13-10-18-19(27)8-9-22(38-16-17-14-31(2)30-29-17)24(18)21(33)15-32-11-5-7-23(32)35/h8-9,14,20-21H,3-7,10-13,15-16H2,1-2H3,(H,28,37)/t20-,21?/m0/s1. The lowest BCUT2D eigenvalue weighted by Crippen LogP contribution is -2.57. The summed E-state index contributed by atoms with van der Waals surface area (Å²) >= 11 is 6.68. The third-order valence-corrected chi connectivity index (χ3v) is 8.06. The minimum atomic E-state index is -0.551. The Morgan fingerprint density at radius 2 is 1.97 bits per heavy atom. The molecule has 11 nitrogen and oxygen atoms in total. The number of carbonyl (C=O) groups is 3. The van der Waals surface area contributed by atoms with Crippen molar-refractivity contribution in [1.29, 1.82) is 0 Å². The second kappa shape index (κ2) is 11.2. The second-order valence-corrected chi connectivity index (χ2v) is 10.5. The summed E-state index contributed by atoms with van der Waals surface area (Å²) in [5.74, 6) is 0.588. The molecule has 0 spiro atoms. The van der Waals surface area contributed by atoms with E-state index in [1.54, 1.807) is 29.9 Å². The summed E-state index contributed by atoms with van der Waals surface area (Å²) in [4.78, 5) is 44.7. The number of urea groups is 1. The van der Waals surface area contributed by atoms with E-state index in [0.29, 0.717) is 61.9 Å². The number of nitrogens with zero attached hydrogens (tertiary/aromatic N) is 6. The Morgan fingerprint density at radius 3 is 2.68 bits per heavy atom. The molecule has 2 aromatic rings. The fourth-order valence-corrected chi connectivity index (χ4v) is 6.10. The zero-order valence-corrected chi connectivity index (χ0v) is 22.6. The molecule has 5 rings (SSSR count). The average Bonchev–Trinajstić information content (AvgIpc) is 3.54. The number of carbonyl (C=O) groups excluding carboxylic acids is 3. The van der Waals surface area contributed by atoms with Crippen LogP contribution in [0.1, 0.15) is 55.0 Å². The van der Waals surface area contributed by atoms with Gasteiger partial charge in [-0.15, -0.1) is 5.10 Å². The van der Waals surface area contributed by atoms with Gasteiger partial charge in [0.15, 0.2) is 0 Å². The van der Waals surface area contributed by atoms with Gasteiger partial charge in [-0.3, -0.25) is 14.3 Å². The van der Waals surface area contributed by atoms with E-state index in [2.05, 4.69) is 15.6 Å². The van der Waals surface area contributed by atoms with Crippen LogP contribution in [0.15, 0.2) is 18.3 Å². The molecule has 38 heavy (non-hydrogen) atoms. The first-order valence-electron chi connectivity index (χ1n) is 13.2. The fraction of sp³-hybridized carbons (Fsp3) is 0.577. The van der Waals surface area contributed by atoms with Crippen molar-refractivity contribution in [1.82, 2.24) is 35.0 Å². The van der Waals surface area contributed by atoms with Crippen LogP contribution in [-0.4, -0.2) is 86.8 Å². The molecule has 1 aromatic carbocycles. The molecule has 4 heterocycles. The number of aryl methyl sites for hydroxylation is 1. The molecule has 2 fully saturated rings. The quantitative estimate of drug-likeness (QED) is 0.598. The van der Waals surface area contributed by atoms with E-state index < -0.39 is 12.1 Å². The van der Waals surface area contributed by atoms with Crippen molar-refractivity contribution in [3.63, 3.8) is 0 Å². The number of rotatable bonds is 6. The van der Waals surface area contributed by atoms with E-state index in [0.717, 1.165) is 30.4 Å². The number of hydrogen-bond donors (Lipinski definition) is 1. The van der Waals surface area contributed by atoms with E-state index in [1.807, 2.05) is 21.9 Å². The molecule has 1 N–H and O–H groups in total. The van der Waals surface area contributed by atoms with E-state index in [9.17, 15) is 14.4 Å². The Hall–Kier alpha value is -3.34. The lowest BCUT2D eigenvalue weighted by atomic mass is 9.89. The number of ether oxygens (including phenoxy) is 1. The summed E-state index contributed by atoms with van der Waals surface area (Å²) in [6.45, 7) is 2.19. The zero-order valence-electron chi connectivity index (χ0n) is 21.9. The van der Waals surface area contributed by atoms with Crippen molar-refractivity contribution in [2.24, 2.45) is 7.05 Å². The SMILES string of the molecule is CNC(=O)N1CCCC[C@H]1C(=O)N1CCc2c(Cl)ccc(OCc3cn(C)nn3)c2C1CN1CCCC1=O. The van der Waals surface area contributed by atoms with Gasteiger partial charge in [0.1, 0.15) is 24.1 Å². The Labute approximate surface area is 227 Å². The summed E-state index contributed by atoms with van der Waals surface area (Å²) in [7, 11) is 3.38. The number of nitrogens with one attached hydrogen (secondary N) is 1. The summed E-state index contributed by atoms with van der Waals surface area (Å²) in [5.41, 5.74) is 2.42. The highest BCUT2D eigenvalue weighted by atomic mass is 35.5. The fourth-order valence-electron chi connectivity index (χ4n) is 5.84. The maximum atomic E-state index is 14.1. The number of amides is 4. The molecule has 0 aliphatic carbocycles. The first-order chi connectivity index (χ1) is 18.4. The molecule has 12 heteroatoms. The van der Waals surface area contributed by atoms with Crippen molar-refractivity contribution in [3.8, 4) is 5.75 Å². The third kappa shape index (κ3) is 5.16. The Kier molecular flexibility index (Phi) is 7.73. The molecule has 3 aliphatic heterocycles. The van der Waals surface area contributed by atoms with Crippen molar-refractivity contribution in [3.05, 3.63) is 40.2 Å². The normalized spacial score (nSPS) is 21.4. The average molecular weight is 544 g/mol. The van der Waals surface area contributed by atoms with Gasteiger partial charge in [-0.1, -0.05) is 16.8 Å². The molecule has 4 amide bonds. The summed E-state index contributed by atoms with van der Waals surface area (Å²) < 4.78 is 7.85. The van der Waals surface area contributed by atoms with E-state index in [1.165, 1.54) is 0 Å². The van der Waals surface area contributed by atoms with Crippen molar-refractivity contribution >= 4 is 29.4 Å². The lowest BCUT2D eigenvalue weighted by Gasteiger charge is -2.44. The minimum absolute atomic E-state index is 0.0817. The molecule has 0 bridgehead atoms. The highest BCUT2D eigenvalue weighted by Crippen LogP contribution is 2.42. The molecule has 0 saturated carbocycles. The monoisotopic (exact) mass is 543 g/mol. The van der Waals surface area contributed by atoms with E-state index in [-0.39, 0.29) is 24.5 Å². The van der Waals surface area contributed by atoms with Gasteiger partial charge in [-0.25, -0.2) is 4.79 Å². The van der Waals surface area contributed by atoms with Crippen LogP contribution in [0.5, 0.6) is 5.75 Å². The van der Waals surface area contributed by atoms with Crippen LogP contribution in [-0.2, 0) is 29.7 Å². The largest absolute Gasteiger partial charge is 0.487 e. The molecular weight excluding hydrogens is 510 g/mol. The van der Waals surface area contributed by atoms with E-state index >= 15 is 0 Å². The molecule has 0 radical (unpaired) electrons. The smallest absolute Gasteiger partial charge is 0.317 e. The molecule has 2 atom stereocenters. The minimum Gasteiger partial charge on any atom is -0.487 e. The summed E-state index contributed by atoms with van der Waals surface area (Å²) in [6.07, 6.45) is 5.99. The van der Waals surface area contributed by atoms with Gasteiger partial charge in [0.25, 0.3) is 0 Å². The molecule has 204 valence electrons. The highest BCUT2D eigenvalue weighted by Gasteiger charge is 2.42. The van der Waals surface area contributed by atoms with Crippen molar-refractivity contribution in [2.45, 2.75) is 57.2 Å². The number of hydrogen-bond acceptors (Lipinski definition) is 6. The number of halogens is 1. The van der Waals surface area contributed by atoms with Gasteiger partial charge >= 0.3 is 6.03 Å². The number of likely N-dealkylation sites (tertiary alicyclic amines) is 2. The van der Waals surface area contributed by atoms with Crippen LogP contribution in [0, 0.1) is 0 Å². The molecular formula is C26H34ClN7O4. The summed E-state index contributed by atoms with van der Waals surface area (Å²) in [6, 6.07) is 2.39. The van der Waals surface area contributed by atoms with Gasteiger partial charge in [-0.05, 0) is 49.8 Å². The topological polar surface area (TPSA) is 113 Å². The van der Waals surface area contributed by atoms with Crippen LogP contribution in [0.3, 0.4) is 0 Å². The van der Waals surface area contributed by atoms with Crippen LogP contribution >= 0.6 is 11.6 Å². The first-order valence-corrected chi connectivity index (χ1v) is 13.6. The Bertz CT molecular complexity index is 1220. The molecule has 2 saturated heterocycles. The lowest BCUT2D eigenvalue weighted by molar-refractivity contribution is -0.142. The van der Waals surface area contributed by atoms with Crippen LogP contribution < -0.4 is 10.1 Å². The van der Waals surface area contributed by atoms with Gasteiger partial charge in [0.05, 0.1) is 12.2 Å². The molecule has 1 unspecified atom stereocenters. The Balaban J connectivity index is 1.51. The van der Waals surface area contributed by atoms with Gasteiger partial charge < -0.3 is 24.8 Å². The Morgan fingerprint density at radius 1 is 1.13 bits per heavy atom. The van der Waals surface area contributed by atoms with E-state index in [4.69, 9.17) is 16.3 Å². The van der Waals surface area contributed by atoms with Gasteiger partial charge in [0.2, 0.25) is 11.8 Å². The predicted molar refractivity (Wildman–Crippen MR) is 140 cm³/mol. The van der Waals surface area contributed by atoms with Crippen LogP contribution in [0.4, 0.5) is 4.79 Å². The number of fused-ring (bicyclic) bond motifs is 1. The maximum Gasteiger partial charge on any atom is 0.317 e. The predicted octanol–water partition coefficient (Wildman–Crippen LogP) is 2.29. The number of aromatic nitrogens is 3. The zero-order chi connectivity index (χ0) is 26.8. The number of benzene rings is 1. The second-order valence-electron chi connectivity index (χ2n) is 10.1. The van der Waals surface area contributed by atoms with Crippen molar-refractivity contribution < 1.29 is 19.1 Å².